The zero-order valence-electron chi connectivity index (χ0n) is 10.7. The third-order valence-corrected chi connectivity index (χ3v) is 3.05. The van der Waals surface area contributed by atoms with Gasteiger partial charge in [0.1, 0.15) is 0 Å². The fourth-order valence-corrected chi connectivity index (χ4v) is 2.27. The van der Waals surface area contributed by atoms with Crippen LogP contribution < -0.4 is 5.32 Å². The highest BCUT2D eigenvalue weighted by Gasteiger charge is 2.31. The van der Waals surface area contributed by atoms with E-state index < -0.39 is 5.60 Å². The number of hydrogen-bond donors (Lipinski definition) is 2. The molecule has 92 valence electrons. The minimum absolute atomic E-state index is 0.0154. The molecule has 0 aromatic rings. The summed E-state index contributed by atoms with van der Waals surface area (Å²) in [6, 6.07) is -0.207. The van der Waals surface area contributed by atoms with Crippen molar-refractivity contribution in [3.8, 4) is 0 Å². The summed E-state index contributed by atoms with van der Waals surface area (Å²) in [6.07, 6.45) is 4.93. The number of allylic oxidation sites excluding steroid dienone is 1. The van der Waals surface area contributed by atoms with Gasteiger partial charge in [-0.2, -0.15) is 0 Å². The molecule has 1 atom stereocenters. The van der Waals surface area contributed by atoms with E-state index in [4.69, 9.17) is 0 Å². The number of aliphatic hydroxyl groups is 1. The molecule has 0 aromatic carbocycles. The van der Waals surface area contributed by atoms with Crippen LogP contribution in [0.25, 0.3) is 0 Å². The van der Waals surface area contributed by atoms with Gasteiger partial charge in [0.25, 0.3) is 0 Å². The van der Waals surface area contributed by atoms with Crippen molar-refractivity contribution in [1.82, 2.24) is 5.32 Å². The summed E-state index contributed by atoms with van der Waals surface area (Å²) in [5, 5.41) is 12.9. The van der Waals surface area contributed by atoms with E-state index in [1.807, 2.05) is 19.9 Å². The molecule has 3 heteroatoms. The van der Waals surface area contributed by atoms with Gasteiger partial charge < -0.3 is 10.4 Å². The zero-order chi connectivity index (χ0) is 12.3. The first-order valence-corrected chi connectivity index (χ1v) is 6.04. The Morgan fingerprint density at radius 1 is 1.50 bits per heavy atom. The van der Waals surface area contributed by atoms with Gasteiger partial charge >= 0.3 is 0 Å². The highest BCUT2D eigenvalue weighted by atomic mass is 16.3. The largest absolute Gasteiger partial charge is 0.388 e. The Morgan fingerprint density at radius 2 is 2.12 bits per heavy atom. The molecule has 0 aliphatic heterocycles. The molecule has 0 saturated carbocycles. The van der Waals surface area contributed by atoms with Crippen LogP contribution >= 0.6 is 0 Å². The summed E-state index contributed by atoms with van der Waals surface area (Å²) in [4.78, 5) is 11.9. The van der Waals surface area contributed by atoms with Crippen LogP contribution in [0.2, 0.25) is 0 Å². The Bertz CT molecular complexity index is 287. The fraction of sp³-hybridized carbons (Fsp3) is 0.769. The van der Waals surface area contributed by atoms with Crippen LogP contribution in [0.3, 0.4) is 0 Å². The normalized spacial score (nSPS) is 18.5. The summed E-state index contributed by atoms with van der Waals surface area (Å²) < 4.78 is 0. The van der Waals surface area contributed by atoms with Crippen LogP contribution in [0.4, 0.5) is 0 Å². The van der Waals surface area contributed by atoms with Crippen molar-refractivity contribution in [3.05, 3.63) is 11.6 Å². The number of amides is 1. The molecular formula is C13H23NO2. The van der Waals surface area contributed by atoms with Gasteiger partial charge in [-0.3, -0.25) is 4.79 Å². The van der Waals surface area contributed by atoms with Crippen molar-refractivity contribution < 1.29 is 9.90 Å². The average Bonchev–Trinajstić information content (AvgIpc) is 2.63. The second kappa shape index (κ2) is 5.00. The minimum Gasteiger partial charge on any atom is -0.388 e. The fourth-order valence-electron chi connectivity index (χ4n) is 2.27. The molecule has 0 spiro atoms. The zero-order valence-corrected chi connectivity index (χ0v) is 10.7. The molecule has 0 radical (unpaired) electrons. The molecule has 1 rings (SSSR count). The van der Waals surface area contributed by atoms with Crippen LogP contribution in [0.15, 0.2) is 11.6 Å². The first kappa shape index (κ1) is 13.2. The Morgan fingerprint density at radius 3 is 2.50 bits per heavy atom. The third kappa shape index (κ3) is 3.34. The lowest BCUT2D eigenvalue weighted by Gasteiger charge is -2.33. The van der Waals surface area contributed by atoms with Gasteiger partial charge in [-0.25, -0.2) is 0 Å². The molecule has 0 saturated heterocycles. The standard InChI is InChI=1S/C13H23NO2/c1-9(2)11(13(3,4)16)14-12(15)10-7-5-6-8-10/h7,9,11,16H,5-6,8H2,1-4H3,(H,14,15)/t11-/m0/s1. The van der Waals surface area contributed by atoms with Gasteiger partial charge in [-0.15, -0.1) is 0 Å². The molecule has 1 aliphatic rings. The second-order valence-electron chi connectivity index (χ2n) is 5.47. The smallest absolute Gasteiger partial charge is 0.247 e. The van der Waals surface area contributed by atoms with Crippen molar-refractivity contribution >= 4 is 5.91 Å². The molecule has 0 fully saturated rings. The summed E-state index contributed by atoms with van der Waals surface area (Å²) in [5.41, 5.74) is -0.0156. The van der Waals surface area contributed by atoms with Crippen LogP contribution in [0.1, 0.15) is 47.0 Å². The van der Waals surface area contributed by atoms with Crippen LogP contribution in [0, 0.1) is 5.92 Å². The monoisotopic (exact) mass is 225 g/mol. The quantitative estimate of drug-likeness (QED) is 0.769. The molecule has 1 amide bonds. The molecule has 3 nitrogen and oxygen atoms in total. The second-order valence-corrected chi connectivity index (χ2v) is 5.47. The molecule has 0 unspecified atom stereocenters. The van der Waals surface area contributed by atoms with Gasteiger partial charge in [-0.1, -0.05) is 19.9 Å². The Labute approximate surface area is 97.9 Å². The molecule has 1 aliphatic carbocycles. The Hall–Kier alpha value is -0.830. The minimum atomic E-state index is -0.886. The first-order chi connectivity index (χ1) is 7.32. The lowest BCUT2D eigenvalue weighted by atomic mass is 9.89. The van der Waals surface area contributed by atoms with Crippen LogP contribution in [0.5, 0.6) is 0 Å². The molecular weight excluding hydrogens is 202 g/mol. The van der Waals surface area contributed by atoms with E-state index in [0.717, 1.165) is 24.8 Å². The van der Waals surface area contributed by atoms with Gasteiger partial charge in [0.15, 0.2) is 0 Å². The highest BCUT2D eigenvalue weighted by molar-refractivity contribution is 5.94. The van der Waals surface area contributed by atoms with Crippen molar-refractivity contribution in [3.63, 3.8) is 0 Å². The molecule has 16 heavy (non-hydrogen) atoms. The van der Waals surface area contributed by atoms with Gasteiger partial charge in [0.2, 0.25) is 5.91 Å². The molecule has 0 bridgehead atoms. The summed E-state index contributed by atoms with van der Waals surface area (Å²) in [7, 11) is 0. The number of rotatable bonds is 4. The maximum Gasteiger partial charge on any atom is 0.247 e. The lowest BCUT2D eigenvalue weighted by molar-refractivity contribution is -0.120. The van der Waals surface area contributed by atoms with Crippen LogP contribution in [-0.2, 0) is 4.79 Å². The van der Waals surface area contributed by atoms with Crippen molar-refractivity contribution in [2.75, 3.05) is 0 Å². The van der Waals surface area contributed by atoms with E-state index in [1.165, 1.54) is 0 Å². The third-order valence-electron chi connectivity index (χ3n) is 3.05. The molecule has 2 N–H and O–H groups in total. The van der Waals surface area contributed by atoms with E-state index in [1.54, 1.807) is 13.8 Å². The summed E-state index contributed by atoms with van der Waals surface area (Å²) in [5.74, 6) is 0.198. The maximum atomic E-state index is 11.9. The van der Waals surface area contributed by atoms with Gasteiger partial charge in [0, 0.05) is 5.57 Å². The summed E-state index contributed by atoms with van der Waals surface area (Å²) in [6.45, 7) is 7.49. The Balaban J connectivity index is 2.65. The van der Waals surface area contributed by atoms with E-state index >= 15 is 0 Å². The van der Waals surface area contributed by atoms with Crippen molar-refractivity contribution in [2.45, 2.75) is 58.6 Å². The lowest BCUT2D eigenvalue weighted by Crippen LogP contribution is -2.52. The van der Waals surface area contributed by atoms with Gasteiger partial charge in [-0.05, 0) is 39.0 Å². The number of carbonyl (C=O) groups is 1. The Kier molecular flexibility index (Phi) is 4.14. The van der Waals surface area contributed by atoms with E-state index in [9.17, 15) is 9.90 Å². The number of hydrogen-bond acceptors (Lipinski definition) is 2. The SMILES string of the molecule is CC(C)[C@H](NC(=O)C1=CCCC1)C(C)(C)O. The maximum absolute atomic E-state index is 11.9. The predicted molar refractivity (Wildman–Crippen MR) is 65.0 cm³/mol. The van der Waals surface area contributed by atoms with Gasteiger partial charge in [0.05, 0.1) is 11.6 Å². The molecule has 0 aromatic heterocycles. The predicted octanol–water partition coefficient (Wildman–Crippen LogP) is 2.01. The number of carbonyl (C=O) groups excluding carboxylic acids is 1. The topological polar surface area (TPSA) is 49.3 Å². The first-order valence-electron chi connectivity index (χ1n) is 6.04. The number of nitrogens with one attached hydrogen (secondary N) is 1. The van der Waals surface area contributed by atoms with Crippen molar-refractivity contribution in [2.24, 2.45) is 5.92 Å². The summed E-state index contributed by atoms with van der Waals surface area (Å²) >= 11 is 0. The van der Waals surface area contributed by atoms with E-state index in [2.05, 4.69) is 5.32 Å². The average molecular weight is 225 g/mol. The van der Waals surface area contributed by atoms with Crippen LogP contribution in [-0.4, -0.2) is 22.7 Å². The molecule has 0 heterocycles. The highest BCUT2D eigenvalue weighted by Crippen LogP contribution is 2.21. The van der Waals surface area contributed by atoms with Crippen molar-refractivity contribution in [1.29, 1.82) is 0 Å². The van der Waals surface area contributed by atoms with E-state index in [0.29, 0.717) is 0 Å². The van der Waals surface area contributed by atoms with E-state index in [-0.39, 0.29) is 17.9 Å².